The van der Waals surface area contributed by atoms with Crippen molar-refractivity contribution in [2.75, 3.05) is 25.1 Å². The molecule has 0 aliphatic heterocycles. The minimum atomic E-state index is -4.33. The normalized spacial score (nSPS) is 15.5. The van der Waals surface area contributed by atoms with Crippen LogP contribution in [0.2, 0.25) is 0 Å². The Balaban J connectivity index is 1.67. The van der Waals surface area contributed by atoms with Gasteiger partial charge in [0.1, 0.15) is 5.82 Å². The molecule has 0 atom stereocenters. The zero-order valence-electron chi connectivity index (χ0n) is 10.5. The summed E-state index contributed by atoms with van der Waals surface area (Å²) in [6, 6.07) is 1.98. The van der Waals surface area contributed by atoms with Crippen molar-refractivity contribution in [2.24, 2.45) is 5.92 Å². The number of hydrogen-bond donors (Lipinski definition) is 1. The van der Waals surface area contributed by atoms with E-state index in [9.17, 15) is 13.2 Å². The Morgan fingerprint density at radius 1 is 1.37 bits per heavy atom. The van der Waals surface area contributed by atoms with Gasteiger partial charge in [0.15, 0.2) is 0 Å². The van der Waals surface area contributed by atoms with Crippen LogP contribution in [0.4, 0.5) is 19.0 Å². The standard InChI is InChI=1S/C13H17F3N2O/c14-13(15,16)11-4-6-18-12(8-11)17-5-1-7-19-9-10-2-3-10/h4,6,8,10H,1-3,5,7,9H2,(H,17,18). The predicted molar refractivity (Wildman–Crippen MR) is 65.9 cm³/mol. The Kier molecular flexibility index (Phi) is 4.63. The van der Waals surface area contributed by atoms with Crippen LogP contribution in [0.25, 0.3) is 0 Å². The summed E-state index contributed by atoms with van der Waals surface area (Å²) >= 11 is 0. The van der Waals surface area contributed by atoms with Gasteiger partial charge in [0.2, 0.25) is 0 Å². The Bertz CT molecular complexity index is 405. The maximum Gasteiger partial charge on any atom is 0.416 e. The van der Waals surface area contributed by atoms with Crippen LogP contribution in [0.5, 0.6) is 0 Å². The minimum Gasteiger partial charge on any atom is -0.381 e. The molecule has 0 amide bonds. The number of hydrogen-bond acceptors (Lipinski definition) is 3. The average Bonchev–Trinajstić information content (AvgIpc) is 3.17. The minimum absolute atomic E-state index is 0.247. The summed E-state index contributed by atoms with van der Waals surface area (Å²) in [5, 5.41) is 2.87. The van der Waals surface area contributed by atoms with Crippen molar-refractivity contribution in [2.45, 2.75) is 25.4 Å². The SMILES string of the molecule is FC(F)(F)c1ccnc(NCCCOCC2CC2)c1. The topological polar surface area (TPSA) is 34.2 Å². The van der Waals surface area contributed by atoms with E-state index in [2.05, 4.69) is 10.3 Å². The van der Waals surface area contributed by atoms with Crippen molar-refractivity contribution in [3.8, 4) is 0 Å². The van der Waals surface area contributed by atoms with Gasteiger partial charge in [0, 0.05) is 26.0 Å². The smallest absolute Gasteiger partial charge is 0.381 e. The lowest BCUT2D eigenvalue weighted by Gasteiger charge is -2.09. The second kappa shape index (κ2) is 6.23. The van der Waals surface area contributed by atoms with Crippen LogP contribution in [0.3, 0.4) is 0 Å². The quantitative estimate of drug-likeness (QED) is 0.774. The maximum atomic E-state index is 12.5. The van der Waals surface area contributed by atoms with E-state index in [1.54, 1.807) is 0 Å². The monoisotopic (exact) mass is 274 g/mol. The van der Waals surface area contributed by atoms with Crippen molar-refractivity contribution in [3.05, 3.63) is 23.9 Å². The van der Waals surface area contributed by atoms with Gasteiger partial charge in [-0.15, -0.1) is 0 Å². The molecule has 1 N–H and O–H groups in total. The number of alkyl halides is 3. The molecule has 1 aromatic heterocycles. The fourth-order valence-corrected chi connectivity index (χ4v) is 1.63. The molecule has 1 fully saturated rings. The third kappa shape index (κ3) is 5.06. The first kappa shape index (κ1) is 14.1. The third-order valence-electron chi connectivity index (χ3n) is 2.91. The van der Waals surface area contributed by atoms with Crippen LogP contribution in [-0.2, 0) is 10.9 Å². The van der Waals surface area contributed by atoms with Crippen molar-refractivity contribution < 1.29 is 17.9 Å². The maximum absolute atomic E-state index is 12.5. The zero-order valence-corrected chi connectivity index (χ0v) is 10.5. The molecule has 106 valence electrons. The molecule has 0 aromatic carbocycles. The Labute approximate surface area is 110 Å². The zero-order chi connectivity index (χ0) is 13.7. The molecule has 1 aromatic rings. The van der Waals surface area contributed by atoms with Crippen molar-refractivity contribution >= 4 is 5.82 Å². The van der Waals surface area contributed by atoms with E-state index in [0.29, 0.717) is 13.2 Å². The Morgan fingerprint density at radius 3 is 2.84 bits per heavy atom. The molecule has 0 bridgehead atoms. The molecule has 6 heteroatoms. The van der Waals surface area contributed by atoms with Gasteiger partial charge in [-0.05, 0) is 37.3 Å². The molecule has 1 heterocycles. The highest BCUT2D eigenvalue weighted by atomic mass is 19.4. The molecule has 19 heavy (non-hydrogen) atoms. The molecule has 1 aliphatic rings. The molecule has 0 radical (unpaired) electrons. The van der Waals surface area contributed by atoms with Crippen LogP contribution >= 0.6 is 0 Å². The highest BCUT2D eigenvalue weighted by Crippen LogP contribution is 2.30. The van der Waals surface area contributed by atoms with E-state index in [0.717, 1.165) is 37.3 Å². The molecule has 3 nitrogen and oxygen atoms in total. The second-order valence-electron chi connectivity index (χ2n) is 4.73. The van der Waals surface area contributed by atoms with Crippen LogP contribution in [-0.4, -0.2) is 24.7 Å². The van der Waals surface area contributed by atoms with E-state index in [-0.39, 0.29) is 5.82 Å². The number of nitrogens with one attached hydrogen (secondary N) is 1. The average molecular weight is 274 g/mol. The molecular formula is C13H17F3N2O. The lowest BCUT2D eigenvalue weighted by Crippen LogP contribution is -2.10. The first-order valence-electron chi connectivity index (χ1n) is 6.40. The molecule has 0 unspecified atom stereocenters. The molecule has 0 spiro atoms. The van der Waals surface area contributed by atoms with Crippen LogP contribution in [0.1, 0.15) is 24.8 Å². The summed E-state index contributed by atoms with van der Waals surface area (Å²) in [6.45, 7) is 1.99. The molecular weight excluding hydrogens is 257 g/mol. The highest BCUT2D eigenvalue weighted by Gasteiger charge is 2.30. The number of rotatable bonds is 7. The number of ether oxygens (including phenoxy) is 1. The Hall–Kier alpha value is -1.30. The summed E-state index contributed by atoms with van der Waals surface area (Å²) < 4.78 is 42.8. The van der Waals surface area contributed by atoms with Crippen LogP contribution < -0.4 is 5.32 Å². The van der Waals surface area contributed by atoms with Crippen molar-refractivity contribution in [3.63, 3.8) is 0 Å². The van der Waals surface area contributed by atoms with Gasteiger partial charge in [-0.3, -0.25) is 0 Å². The van der Waals surface area contributed by atoms with Gasteiger partial charge in [0.05, 0.1) is 5.56 Å². The van der Waals surface area contributed by atoms with E-state index in [1.165, 1.54) is 12.8 Å². The lowest BCUT2D eigenvalue weighted by molar-refractivity contribution is -0.137. The van der Waals surface area contributed by atoms with E-state index in [1.807, 2.05) is 0 Å². The fraction of sp³-hybridized carbons (Fsp3) is 0.615. The summed E-state index contributed by atoms with van der Waals surface area (Å²) in [5.41, 5.74) is -0.685. The molecule has 0 saturated heterocycles. The van der Waals surface area contributed by atoms with Crippen LogP contribution in [0, 0.1) is 5.92 Å². The van der Waals surface area contributed by atoms with Gasteiger partial charge < -0.3 is 10.1 Å². The Morgan fingerprint density at radius 2 is 2.16 bits per heavy atom. The summed E-state index contributed by atoms with van der Waals surface area (Å²) in [4.78, 5) is 3.86. The van der Waals surface area contributed by atoms with Gasteiger partial charge in [-0.1, -0.05) is 0 Å². The second-order valence-corrected chi connectivity index (χ2v) is 4.73. The highest BCUT2D eigenvalue weighted by molar-refractivity contribution is 5.38. The number of nitrogens with zero attached hydrogens (tertiary/aromatic N) is 1. The van der Waals surface area contributed by atoms with Crippen LogP contribution in [0.15, 0.2) is 18.3 Å². The van der Waals surface area contributed by atoms with Gasteiger partial charge >= 0.3 is 6.18 Å². The molecule has 1 aliphatic carbocycles. The molecule has 2 rings (SSSR count). The number of halogens is 3. The van der Waals surface area contributed by atoms with E-state index in [4.69, 9.17) is 4.74 Å². The van der Waals surface area contributed by atoms with E-state index >= 15 is 0 Å². The van der Waals surface area contributed by atoms with Gasteiger partial charge in [-0.25, -0.2) is 4.98 Å². The van der Waals surface area contributed by atoms with E-state index < -0.39 is 11.7 Å². The van der Waals surface area contributed by atoms with Gasteiger partial charge in [0.25, 0.3) is 0 Å². The summed E-state index contributed by atoms with van der Waals surface area (Å²) in [7, 11) is 0. The largest absolute Gasteiger partial charge is 0.416 e. The van der Waals surface area contributed by atoms with Crippen molar-refractivity contribution in [1.82, 2.24) is 4.98 Å². The first-order valence-corrected chi connectivity index (χ1v) is 6.40. The van der Waals surface area contributed by atoms with Gasteiger partial charge in [-0.2, -0.15) is 13.2 Å². The molecule has 1 saturated carbocycles. The summed E-state index contributed by atoms with van der Waals surface area (Å²) in [6.07, 6.45) is 0.102. The first-order chi connectivity index (χ1) is 9.05. The number of pyridine rings is 1. The number of anilines is 1. The fourth-order valence-electron chi connectivity index (χ4n) is 1.63. The predicted octanol–water partition coefficient (Wildman–Crippen LogP) is 3.33. The number of aromatic nitrogens is 1. The third-order valence-corrected chi connectivity index (χ3v) is 2.91. The van der Waals surface area contributed by atoms with Crippen molar-refractivity contribution in [1.29, 1.82) is 0 Å². The lowest BCUT2D eigenvalue weighted by atomic mass is 10.2. The summed E-state index contributed by atoms with van der Waals surface area (Å²) in [5.74, 6) is 0.982.